The maximum absolute atomic E-state index is 8.70. The van der Waals surface area contributed by atoms with Gasteiger partial charge in [-0.1, -0.05) is 38.7 Å². The van der Waals surface area contributed by atoms with Gasteiger partial charge in [-0.05, 0) is 24.1 Å². The Morgan fingerprint density at radius 1 is 1.30 bits per heavy atom. The van der Waals surface area contributed by atoms with Crippen LogP contribution in [0.4, 0.5) is 0 Å². The molecule has 1 atom stereocenters. The van der Waals surface area contributed by atoms with Gasteiger partial charge < -0.3 is 9.84 Å². The lowest BCUT2D eigenvalue weighted by Gasteiger charge is -2.15. The standard InChI is InChI=1S/C17H24O2S/c1-14(2)15(3)20-12-11-19-17-9-6-8-16(13-17)7-4-5-10-18/h6,8-9,13-15,18H,5,10-12H2,1-3H3. The molecule has 0 fully saturated rings. The molecule has 0 radical (unpaired) electrons. The molecule has 0 bridgehead atoms. The van der Waals surface area contributed by atoms with E-state index in [2.05, 4.69) is 32.6 Å². The van der Waals surface area contributed by atoms with Gasteiger partial charge in [0.15, 0.2) is 0 Å². The van der Waals surface area contributed by atoms with Crippen LogP contribution in [0.15, 0.2) is 24.3 Å². The van der Waals surface area contributed by atoms with Crippen LogP contribution < -0.4 is 4.74 Å². The third-order valence-electron chi connectivity index (χ3n) is 2.98. The number of rotatable bonds is 7. The second-order valence-electron chi connectivity index (χ2n) is 4.97. The summed E-state index contributed by atoms with van der Waals surface area (Å²) in [6.07, 6.45) is 0.509. The highest BCUT2D eigenvalue weighted by atomic mass is 32.2. The van der Waals surface area contributed by atoms with Gasteiger partial charge in [0.1, 0.15) is 5.75 Å². The van der Waals surface area contributed by atoms with Crippen LogP contribution in [-0.2, 0) is 0 Å². The van der Waals surface area contributed by atoms with Crippen LogP contribution in [0, 0.1) is 17.8 Å². The summed E-state index contributed by atoms with van der Waals surface area (Å²) < 4.78 is 5.75. The first-order valence-corrected chi connectivity index (χ1v) is 8.12. The number of thioether (sulfide) groups is 1. The number of aliphatic hydroxyl groups excluding tert-OH is 1. The molecule has 1 unspecified atom stereocenters. The summed E-state index contributed by atoms with van der Waals surface area (Å²) in [6, 6.07) is 7.80. The molecule has 1 aromatic carbocycles. The van der Waals surface area contributed by atoms with Crippen LogP contribution in [0.1, 0.15) is 32.8 Å². The second kappa shape index (κ2) is 9.74. The van der Waals surface area contributed by atoms with Crippen molar-refractivity contribution in [1.29, 1.82) is 0 Å². The minimum absolute atomic E-state index is 0.106. The highest BCUT2D eigenvalue weighted by molar-refractivity contribution is 7.99. The minimum Gasteiger partial charge on any atom is -0.493 e. The molecule has 0 aromatic heterocycles. The lowest BCUT2D eigenvalue weighted by Crippen LogP contribution is -2.09. The fraction of sp³-hybridized carbons (Fsp3) is 0.529. The van der Waals surface area contributed by atoms with E-state index in [0.717, 1.165) is 23.7 Å². The van der Waals surface area contributed by atoms with Gasteiger partial charge in [0.05, 0.1) is 13.2 Å². The third-order valence-corrected chi connectivity index (χ3v) is 4.45. The number of ether oxygens (including phenoxy) is 1. The van der Waals surface area contributed by atoms with Crippen LogP contribution in [-0.4, -0.2) is 29.3 Å². The van der Waals surface area contributed by atoms with E-state index in [-0.39, 0.29) is 6.61 Å². The lowest BCUT2D eigenvalue weighted by atomic mass is 10.2. The van der Waals surface area contributed by atoms with Crippen LogP contribution in [0.5, 0.6) is 5.75 Å². The smallest absolute Gasteiger partial charge is 0.120 e. The molecule has 0 aliphatic carbocycles. The van der Waals surface area contributed by atoms with Gasteiger partial charge in [0, 0.05) is 23.0 Å². The van der Waals surface area contributed by atoms with Gasteiger partial charge in [-0.2, -0.15) is 11.8 Å². The molecule has 20 heavy (non-hydrogen) atoms. The van der Waals surface area contributed by atoms with Crippen molar-refractivity contribution < 1.29 is 9.84 Å². The predicted octanol–water partition coefficient (Wildman–Crippen LogP) is 3.58. The summed E-state index contributed by atoms with van der Waals surface area (Å²) in [4.78, 5) is 0. The van der Waals surface area contributed by atoms with Gasteiger partial charge >= 0.3 is 0 Å². The average Bonchev–Trinajstić information content (AvgIpc) is 2.44. The van der Waals surface area contributed by atoms with Crippen LogP contribution in [0.2, 0.25) is 0 Å². The predicted molar refractivity (Wildman–Crippen MR) is 87.3 cm³/mol. The fourth-order valence-corrected chi connectivity index (χ4v) is 2.41. The van der Waals surface area contributed by atoms with Gasteiger partial charge in [0.25, 0.3) is 0 Å². The Hall–Kier alpha value is -1.11. The van der Waals surface area contributed by atoms with Crippen molar-refractivity contribution >= 4 is 11.8 Å². The van der Waals surface area contributed by atoms with E-state index in [1.54, 1.807) is 0 Å². The first-order valence-electron chi connectivity index (χ1n) is 7.07. The fourth-order valence-electron chi connectivity index (χ4n) is 1.47. The summed E-state index contributed by atoms with van der Waals surface area (Å²) in [5.74, 6) is 8.49. The van der Waals surface area contributed by atoms with Crippen molar-refractivity contribution in [2.45, 2.75) is 32.4 Å². The van der Waals surface area contributed by atoms with Crippen molar-refractivity contribution in [3.05, 3.63) is 29.8 Å². The first kappa shape index (κ1) is 16.9. The average molecular weight is 292 g/mol. The van der Waals surface area contributed by atoms with Crippen molar-refractivity contribution in [3.8, 4) is 17.6 Å². The Kier molecular flexibility index (Phi) is 8.25. The van der Waals surface area contributed by atoms with E-state index in [4.69, 9.17) is 9.84 Å². The molecule has 0 saturated heterocycles. The molecular weight excluding hydrogens is 268 g/mol. The van der Waals surface area contributed by atoms with E-state index in [1.165, 1.54) is 0 Å². The van der Waals surface area contributed by atoms with Gasteiger partial charge in [-0.25, -0.2) is 0 Å². The summed E-state index contributed by atoms with van der Waals surface area (Å²) in [5.41, 5.74) is 0.930. The zero-order valence-electron chi connectivity index (χ0n) is 12.6. The van der Waals surface area contributed by atoms with E-state index >= 15 is 0 Å². The summed E-state index contributed by atoms with van der Waals surface area (Å²) >= 11 is 1.94. The molecule has 110 valence electrons. The lowest BCUT2D eigenvalue weighted by molar-refractivity contribution is 0.305. The Balaban J connectivity index is 2.37. The molecule has 2 nitrogen and oxygen atoms in total. The molecule has 0 heterocycles. The van der Waals surface area contributed by atoms with Crippen LogP contribution >= 0.6 is 11.8 Å². The largest absolute Gasteiger partial charge is 0.493 e. The second-order valence-corrected chi connectivity index (χ2v) is 6.46. The normalized spacial score (nSPS) is 11.8. The molecule has 0 aliphatic heterocycles. The maximum Gasteiger partial charge on any atom is 0.120 e. The van der Waals surface area contributed by atoms with Crippen molar-refractivity contribution in [2.24, 2.45) is 5.92 Å². The molecule has 0 amide bonds. The number of benzene rings is 1. The summed E-state index contributed by atoms with van der Waals surface area (Å²) in [7, 11) is 0. The SMILES string of the molecule is CC(C)C(C)SCCOc1cccc(C#CCCO)c1. The Bertz CT molecular complexity index is 446. The molecule has 1 aromatic rings. The molecule has 1 N–H and O–H groups in total. The summed E-state index contributed by atoms with van der Waals surface area (Å²) in [6.45, 7) is 7.57. The maximum atomic E-state index is 8.70. The van der Waals surface area contributed by atoms with Gasteiger partial charge in [-0.3, -0.25) is 0 Å². The van der Waals surface area contributed by atoms with Gasteiger partial charge in [0.2, 0.25) is 0 Å². The van der Waals surface area contributed by atoms with Crippen molar-refractivity contribution in [2.75, 3.05) is 19.0 Å². The van der Waals surface area contributed by atoms with Crippen molar-refractivity contribution in [1.82, 2.24) is 0 Å². The Labute approximate surface area is 126 Å². The summed E-state index contributed by atoms with van der Waals surface area (Å²) in [5, 5.41) is 9.36. The number of hydrogen-bond donors (Lipinski definition) is 1. The quantitative estimate of drug-likeness (QED) is 0.615. The molecule has 0 spiro atoms. The Morgan fingerprint density at radius 2 is 2.10 bits per heavy atom. The zero-order chi connectivity index (χ0) is 14.8. The highest BCUT2D eigenvalue weighted by Crippen LogP contribution is 2.19. The molecule has 1 rings (SSSR count). The van der Waals surface area contributed by atoms with Gasteiger partial charge in [-0.15, -0.1) is 0 Å². The monoisotopic (exact) mass is 292 g/mol. The molecule has 0 saturated carbocycles. The van der Waals surface area contributed by atoms with Crippen LogP contribution in [0.3, 0.4) is 0 Å². The first-order chi connectivity index (χ1) is 9.63. The topological polar surface area (TPSA) is 29.5 Å². The van der Waals surface area contributed by atoms with E-state index < -0.39 is 0 Å². The van der Waals surface area contributed by atoms with E-state index in [9.17, 15) is 0 Å². The van der Waals surface area contributed by atoms with Crippen molar-refractivity contribution in [3.63, 3.8) is 0 Å². The Morgan fingerprint density at radius 3 is 2.80 bits per heavy atom. The van der Waals surface area contributed by atoms with Crippen LogP contribution in [0.25, 0.3) is 0 Å². The molecule has 0 aliphatic rings. The highest BCUT2D eigenvalue weighted by Gasteiger charge is 2.06. The zero-order valence-corrected chi connectivity index (χ0v) is 13.4. The molecular formula is C17H24O2S. The minimum atomic E-state index is 0.106. The third kappa shape index (κ3) is 6.88. The molecule has 3 heteroatoms. The number of hydrogen-bond acceptors (Lipinski definition) is 3. The van der Waals surface area contributed by atoms with E-state index in [1.807, 2.05) is 36.0 Å². The number of aliphatic hydroxyl groups is 1. The van der Waals surface area contributed by atoms with E-state index in [0.29, 0.717) is 17.6 Å².